The minimum atomic E-state index is 0.742. The molecule has 1 N–H and O–H groups in total. The van der Waals surface area contributed by atoms with Gasteiger partial charge in [0, 0.05) is 23.7 Å². The van der Waals surface area contributed by atoms with Crippen molar-refractivity contribution >= 4 is 22.7 Å². The van der Waals surface area contributed by atoms with Crippen LogP contribution in [0, 0.1) is 0 Å². The van der Waals surface area contributed by atoms with E-state index in [1.165, 1.54) is 32.1 Å². The van der Waals surface area contributed by atoms with Gasteiger partial charge in [0.2, 0.25) is 0 Å². The van der Waals surface area contributed by atoms with Crippen molar-refractivity contribution in [2.45, 2.75) is 43.2 Å². The average molecular weight is 287 g/mol. The van der Waals surface area contributed by atoms with Gasteiger partial charge in [0.05, 0.1) is 5.52 Å². The highest BCUT2D eigenvalue weighted by atomic mass is 32.2. The molecule has 0 spiro atoms. The summed E-state index contributed by atoms with van der Waals surface area (Å²) in [7, 11) is 0. The van der Waals surface area contributed by atoms with E-state index in [0.717, 1.165) is 34.3 Å². The lowest BCUT2D eigenvalue weighted by molar-refractivity contribution is 0.381. The van der Waals surface area contributed by atoms with E-state index in [9.17, 15) is 0 Å². The van der Waals surface area contributed by atoms with Crippen LogP contribution in [0.3, 0.4) is 0 Å². The molecular formula is C16H21N3S. The van der Waals surface area contributed by atoms with Crippen LogP contribution in [0.25, 0.3) is 10.9 Å². The van der Waals surface area contributed by atoms with E-state index < -0.39 is 0 Å². The van der Waals surface area contributed by atoms with Crippen molar-refractivity contribution in [1.29, 1.82) is 0 Å². The number of hydrogen-bond donors (Lipinski definition) is 1. The van der Waals surface area contributed by atoms with Crippen molar-refractivity contribution in [3.05, 3.63) is 30.6 Å². The molecule has 1 aromatic carbocycles. The molecule has 0 atom stereocenters. The SMILES string of the molecule is c1ccc2c(SCCNC3CCCCC3)ncnc2c1. The Bertz CT molecular complexity index is 547. The topological polar surface area (TPSA) is 37.8 Å². The minimum absolute atomic E-state index is 0.742. The van der Waals surface area contributed by atoms with Crippen molar-refractivity contribution in [1.82, 2.24) is 15.3 Å². The predicted molar refractivity (Wildman–Crippen MR) is 85.1 cm³/mol. The van der Waals surface area contributed by atoms with Gasteiger partial charge < -0.3 is 5.32 Å². The molecule has 1 fully saturated rings. The van der Waals surface area contributed by atoms with E-state index in [1.807, 2.05) is 23.9 Å². The molecule has 0 radical (unpaired) electrons. The van der Waals surface area contributed by atoms with Gasteiger partial charge in [0.25, 0.3) is 0 Å². The molecule has 20 heavy (non-hydrogen) atoms. The van der Waals surface area contributed by atoms with Crippen LogP contribution in [0.15, 0.2) is 35.6 Å². The lowest BCUT2D eigenvalue weighted by Gasteiger charge is -2.22. The summed E-state index contributed by atoms with van der Waals surface area (Å²) in [5, 5.41) is 5.94. The Hall–Kier alpha value is -1.13. The van der Waals surface area contributed by atoms with Gasteiger partial charge in [0.15, 0.2) is 0 Å². The number of thioether (sulfide) groups is 1. The molecule has 0 bridgehead atoms. The standard InChI is InChI=1S/C16H21N3S/c1-2-6-13(7-3-1)17-10-11-20-16-14-8-4-5-9-15(14)18-12-19-16/h4-5,8-9,12-13,17H,1-3,6-7,10-11H2. The maximum absolute atomic E-state index is 4.42. The largest absolute Gasteiger partial charge is 0.313 e. The van der Waals surface area contributed by atoms with E-state index in [-0.39, 0.29) is 0 Å². The third-order valence-electron chi connectivity index (χ3n) is 3.89. The Morgan fingerprint density at radius 1 is 1.10 bits per heavy atom. The first kappa shape index (κ1) is 13.8. The van der Waals surface area contributed by atoms with Gasteiger partial charge in [-0.1, -0.05) is 37.5 Å². The zero-order valence-corrected chi connectivity index (χ0v) is 12.5. The number of fused-ring (bicyclic) bond motifs is 1. The van der Waals surface area contributed by atoms with Gasteiger partial charge in [0.1, 0.15) is 11.4 Å². The summed E-state index contributed by atoms with van der Waals surface area (Å²) in [6, 6.07) is 8.96. The molecule has 2 aromatic rings. The molecule has 0 amide bonds. The van der Waals surface area contributed by atoms with Crippen molar-refractivity contribution in [3.8, 4) is 0 Å². The molecule has 1 aromatic heterocycles. The number of rotatable bonds is 5. The van der Waals surface area contributed by atoms with Crippen LogP contribution in [0.1, 0.15) is 32.1 Å². The van der Waals surface area contributed by atoms with Gasteiger partial charge in [-0.3, -0.25) is 0 Å². The molecule has 3 nitrogen and oxygen atoms in total. The van der Waals surface area contributed by atoms with Crippen LogP contribution >= 0.6 is 11.8 Å². The molecule has 1 saturated carbocycles. The van der Waals surface area contributed by atoms with E-state index in [2.05, 4.69) is 27.4 Å². The number of para-hydroxylation sites is 1. The molecular weight excluding hydrogens is 266 g/mol. The van der Waals surface area contributed by atoms with E-state index in [1.54, 1.807) is 6.33 Å². The first-order valence-corrected chi connectivity index (χ1v) is 8.48. The summed E-state index contributed by atoms with van der Waals surface area (Å²) in [6.07, 6.45) is 8.56. The Kier molecular flexibility index (Phi) is 4.87. The quantitative estimate of drug-likeness (QED) is 0.517. The first-order valence-electron chi connectivity index (χ1n) is 7.49. The zero-order valence-electron chi connectivity index (χ0n) is 11.7. The maximum Gasteiger partial charge on any atom is 0.117 e. The average Bonchev–Trinajstić information content (AvgIpc) is 2.53. The molecule has 3 rings (SSSR count). The summed E-state index contributed by atoms with van der Waals surface area (Å²) in [4.78, 5) is 8.72. The molecule has 1 aliphatic rings. The summed E-state index contributed by atoms with van der Waals surface area (Å²) < 4.78 is 0. The second kappa shape index (κ2) is 7.04. The summed E-state index contributed by atoms with van der Waals surface area (Å²) in [5.74, 6) is 1.07. The van der Waals surface area contributed by atoms with Gasteiger partial charge in [-0.05, 0) is 18.9 Å². The molecule has 4 heteroatoms. The number of hydrogen-bond acceptors (Lipinski definition) is 4. The first-order chi connectivity index (χ1) is 9.93. The highest BCUT2D eigenvalue weighted by Crippen LogP contribution is 2.24. The van der Waals surface area contributed by atoms with Crippen molar-refractivity contribution in [3.63, 3.8) is 0 Å². The Morgan fingerprint density at radius 2 is 1.95 bits per heavy atom. The second-order valence-corrected chi connectivity index (χ2v) is 6.42. The smallest absolute Gasteiger partial charge is 0.117 e. The number of nitrogens with zero attached hydrogens (tertiary/aromatic N) is 2. The summed E-state index contributed by atoms with van der Waals surface area (Å²) in [5.41, 5.74) is 1.03. The van der Waals surface area contributed by atoms with Gasteiger partial charge >= 0.3 is 0 Å². The summed E-state index contributed by atoms with van der Waals surface area (Å²) >= 11 is 1.82. The van der Waals surface area contributed by atoms with E-state index >= 15 is 0 Å². The molecule has 1 aliphatic carbocycles. The van der Waals surface area contributed by atoms with Crippen molar-refractivity contribution in [2.75, 3.05) is 12.3 Å². The van der Waals surface area contributed by atoms with E-state index in [0.29, 0.717) is 0 Å². The Labute approximate surface area is 124 Å². The molecule has 0 saturated heterocycles. The van der Waals surface area contributed by atoms with Crippen LogP contribution in [-0.4, -0.2) is 28.3 Å². The second-order valence-electron chi connectivity index (χ2n) is 5.33. The van der Waals surface area contributed by atoms with Crippen molar-refractivity contribution < 1.29 is 0 Å². The number of nitrogens with one attached hydrogen (secondary N) is 1. The van der Waals surface area contributed by atoms with Gasteiger partial charge in [-0.2, -0.15) is 0 Å². The van der Waals surface area contributed by atoms with Crippen LogP contribution in [0.2, 0.25) is 0 Å². The van der Waals surface area contributed by atoms with Crippen LogP contribution in [0.4, 0.5) is 0 Å². The molecule has 106 valence electrons. The fraction of sp³-hybridized carbons (Fsp3) is 0.500. The fourth-order valence-corrected chi connectivity index (χ4v) is 3.68. The molecule has 0 unspecified atom stereocenters. The minimum Gasteiger partial charge on any atom is -0.313 e. The lowest BCUT2D eigenvalue weighted by Crippen LogP contribution is -2.32. The molecule has 0 aliphatic heterocycles. The van der Waals surface area contributed by atoms with Gasteiger partial charge in [-0.25, -0.2) is 9.97 Å². The predicted octanol–water partition coefficient (Wildman–Crippen LogP) is 3.64. The Balaban J connectivity index is 1.52. The third-order valence-corrected chi connectivity index (χ3v) is 4.89. The highest BCUT2D eigenvalue weighted by molar-refractivity contribution is 7.99. The van der Waals surface area contributed by atoms with Crippen LogP contribution < -0.4 is 5.32 Å². The normalized spacial score (nSPS) is 16.6. The van der Waals surface area contributed by atoms with Crippen LogP contribution in [0.5, 0.6) is 0 Å². The highest BCUT2D eigenvalue weighted by Gasteiger charge is 2.12. The van der Waals surface area contributed by atoms with Gasteiger partial charge in [-0.15, -0.1) is 11.8 Å². The van der Waals surface area contributed by atoms with E-state index in [4.69, 9.17) is 0 Å². The summed E-state index contributed by atoms with van der Waals surface area (Å²) in [6.45, 7) is 1.06. The number of aromatic nitrogens is 2. The monoisotopic (exact) mass is 287 g/mol. The van der Waals surface area contributed by atoms with Crippen LogP contribution in [-0.2, 0) is 0 Å². The molecule has 1 heterocycles. The Morgan fingerprint density at radius 3 is 2.85 bits per heavy atom. The fourth-order valence-electron chi connectivity index (χ4n) is 2.81. The van der Waals surface area contributed by atoms with Crippen molar-refractivity contribution in [2.24, 2.45) is 0 Å². The third kappa shape index (κ3) is 3.49. The number of benzene rings is 1. The maximum atomic E-state index is 4.42. The lowest BCUT2D eigenvalue weighted by atomic mass is 9.96. The zero-order chi connectivity index (χ0) is 13.6.